The van der Waals surface area contributed by atoms with Crippen LogP contribution in [-0.2, 0) is 16.0 Å². The maximum absolute atomic E-state index is 12.6. The van der Waals surface area contributed by atoms with Crippen molar-refractivity contribution in [3.8, 4) is 0 Å². The lowest BCUT2D eigenvalue weighted by Crippen LogP contribution is -2.48. The van der Waals surface area contributed by atoms with Crippen LogP contribution in [0.1, 0.15) is 18.4 Å². The van der Waals surface area contributed by atoms with E-state index in [0.29, 0.717) is 32.7 Å². The molecule has 2 rings (SSSR count). The van der Waals surface area contributed by atoms with Crippen LogP contribution >= 0.6 is 12.4 Å². The summed E-state index contributed by atoms with van der Waals surface area (Å²) in [5.74, 6) is -0.465. The van der Waals surface area contributed by atoms with Crippen LogP contribution in [0.2, 0.25) is 0 Å². The molecule has 1 aromatic carbocycles. The van der Waals surface area contributed by atoms with Crippen molar-refractivity contribution in [1.29, 1.82) is 0 Å². The molecule has 1 unspecified atom stereocenters. The smallest absolute Gasteiger partial charge is 0.236 e. The van der Waals surface area contributed by atoms with E-state index in [-0.39, 0.29) is 30.1 Å². The summed E-state index contributed by atoms with van der Waals surface area (Å²) < 4.78 is 0. The molecule has 2 amide bonds. The number of nitrogens with zero attached hydrogens (tertiary/aromatic N) is 2. The van der Waals surface area contributed by atoms with Crippen LogP contribution in [0.15, 0.2) is 30.3 Å². The van der Waals surface area contributed by atoms with Crippen molar-refractivity contribution >= 4 is 24.2 Å². The molecule has 4 N–H and O–H groups in total. The third kappa shape index (κ3) is 7.02. The van der Waals surface area contributed by atoms with Crippen molar-refractivity contribution in [2.75, 3.05) is 39.3 Å². The third-order valence-electron chi connectivity index (χ3n) is 4.54. The van der Waals surface area contributed by atoms with E-state index in [2.05, 4.69) is 17.0 Å². The van der Waals surface area contributed by atoms with E-state index in [1.54, 1.807) is 4.90 Å². The molecule has 0 spiro atoms. The van der Waals surface area contributed by atoms with Gasteiger partial charge >= 0.3 is 0 Å². The Balaban J connectivity index is 0.00000312. The summed E-state index contributed by atoms with van der Waals surface area (Å²) in [5.41, 5.74) is 12.3. The molecule has 1 aliphatic heterocycles. The summed E-state index contributed by atoms with van der Waals surface area (Å²) in [4.78, 5) is 27.8. The number of halogens is 1. The first kappa shape index (κ1) is 21.4. The fraction of sp³-hybridized carbons (Fsp3) is 0.556. The highest BCUT2D eigenvalue weighted by atomic mass is 35.5. The summed E-state index contributed by atoms with van der Waals surface area (Å²) in [6, 6.07) is 10.2. The van der Waals surface area contributed by atoms with Gasteiger partial charge in [0.1, 0.15) is 0 Å². The van der Waals surface area contributed by atoms with Crippen LogP contribution in [0.3, 0.4) is 0 Å². The number of carbonyl (C=O) groups is 2. The maximum atomic E-state index is 12.6. The van der Waals surface area contributed by atoms with E-state index < -0.39 is 0 Å². The lowest BCUT2D eigenvalue weighted by molar-refractivity contribution is -0.136. The number of amides is 2. The van der Waals surface area contributed by atoms with Crippen LogP contribution in [-0.4, -0.2) is 60.9 Å². The quantitative estimate of drug-likeness (QED) is 0.704. The number of rotatable bonds is 8. The molecule has 0 aromatic heterocycles. The Hall–Kier alpha value is -1.63. The Labute approximate surface area is 155 Å². The number of likely N-dealkylation sites (tertiary alicyclic amines) is 1. The predicted molar refractivity (Wildman–Crippen MR) is 101 cm³/mol. The molecule has 0 bridgehead atoms. The molecule has 1 aromatic rings. The lowest BCUT2D eigenvalue weighted by atomic mass is 9.97. The highest BCUT2D eigenvalue weighted by molar-refractivity contribution is 5.85. The zero-order chi connectivity index (χ0) is 17.4. The molecule has 1 atom stereocenters. The average molecular weight is 369 g/mol. The van der Waals surface area contributed by atoms with Gasteiger partial charge in [-0.25, -0.2) is 0 Å². The molecular weight excluding hydrogens is 340 g/mol. The second kappa shape index (κ2) is 11.1. The first-order valence-electron chi connectivity index (χ1n) is 8.63. The Morgan fingerprint density at radius 2 is 1.92 bits per heavy atom. The molecule has 0 radical (unpaired) electrons. The number of piperidine rings is 1. The van der Waals surface area contributed by atoms with E-state index >= 15 is 0 Å². The molecule has 1 heterocycles. The zero-order valence-electron chi connectivity index (χ0n) is 14.6. The van der Waals surface area contributed by atoms with Crippen LogP contribution in [0.5, 0.6) is 0 Å². The molecule has 0 saturated carbocycles. The molecule has 6 nitrogen and oxygen atoms in total. The summed E-state index contributed by atoms with van der Waals surface area (Å²) in [5, 5.41) is 0. The van der Waals surface area contributed by atoms with Gasteiger partial charge in [0.2, 0.25) is 11.8 Å². The molecular formula is C18H29ClN4O2. The van der Waals surface area contributed by atoms with E-state index in [0.717, 1.165) is 25.8 Å². The number of hydrogen-bond donors (Lipinski definition) is 2. The predicted octanol–water partition coefficient (Wildman–Crippen LogP) is 0.636. The fourth-order valence-electron chi connectivity index (χ4n) is 3.11. The zero-order valence-corrected chi connectivity index (χ0v) is 15.4. The second-order valence-electron chi connectivity index (χ2n) is 6.38. The van der Waals surface area contributed by atoms with E-state index in [9.17, 15) is 9.59 Å². The van der Waals surface area contributed by atoms with Crippen LogP contribution in [0, 0.1) is 5.92 Å². The van der Waals surface area contributed by atoms with Crippen LogP contribution < -0.4 is 11.5 Å². The topological polar surface area (TPSA) is 92.7 Å². The molecule has 7 heteroatoms. The number of benzene rings is 1. The summed E-state index contributed by atoms with van der Waals surface area (Å²) >= 11 is 0. The Morgan fingerprint density at radius 1 is 1.20 bits per heavy atom. The summed E-state index contributed by atoms with van der Waals surface area (Å²) in [7, 11) is 0. The van der Waals surface area contributed by atoms with E-state index in [4.69, 9.17) is 11.5 Å². The highest BCUT2D eigenvalue weighted by Gasteiger charge is 2.27. The minimum atomic E-state index is -0.310. The van der Waals surface area contributed by atoms with Crippen molar-refractivity contribution in [2.45, 2.75) is 19.3 Å². The lowest BCUT2D eigenvalue weighted by Gasteiger charge is -2.33. The standard InChI is InChI=1S/C18H28N4O2.ClH/c19-9-12-21(11-8-15-5-2-1-3-6-15)14-17(23)22-10-4-7-16(13-22)18(20)24;/h1-3,5-6,16H,4,7-14,19H2,(H2,20,24);1H. The molecule has 0 aliphatic carbocycles. The first-order valence-corrected chi connectivity index (χ1v) is 8.63. The van der Waals surface area contributed by atoms with Gasteiger partial charge in [-0.05, 0) is 24.8 Å². The maximum Gasteiger partial charge on any atom is 0.236 e. The van der Waals surface area contributed by atoms with Gasteiger partial charge in [0.05, 0.1) is 12.5 Å². The largest absolute Gasteiger partial charge is 0.369 e. The molecule has 1 fully saturated rings. The molecule has 1 saturated heterocycles. The number of hydrogen-bond acceptors (Lipinski definition) is 4. The first-order chi connectivity index (χ1) is 11.6. The molecule has 140 valence electrons. The third-order valence-corrected chi connectivity index (χ3v) is 4.54. The Morgan fingerprint density at radius 3 is 2.56 bits per heavy atom. The SMILES string of the molecule is Cl.NCCN(CCc1ccccc1)CC(=O)N1CCCC(C(N)=O)C1. The van der Waals surface area contributed by atoms with Crippen molar-refractivity contribution in [3.05, 3.63) is 35.9 Å². The number of carbonyl (C=O) groups excluding carboxylic acids is 2. The van der Waals surface area contributed by atoms with Gasteiger partial charge in [0, 0.05) is 32.7 Å². The highest BCUT2D eigenvalue weighted by Crippen LogP contribution is 2.16. The monoisotopic (exact) mass is 368 g/mol. The van der Waals surface area contributed by atoms with Gasteiger partial charge < -0.3 is 16.4 Å². The Kier molecular flexibility index (Phi) is 9.49. The van der Waals surface area contributed by atoms with Crippen LogP contribution in [0.25, 0.3) is 0 Å². The fourth-order valence-corrected chi connectivity index (χ4v) is 3.11. The molecule has 25 heavy (non-hydrogen) atoms. The second-order valence-corrected chi connectivity index (χ2v) is 6.38. The summed E-state index contributed by atoms with van der Waals surface area (Å²) in [6.07, 6.45) is 2.50. The van der Waals surface area contributed by atoms with Gasteiger partial charge in [-0.3, -0.25) is 14.5 Å². The van der Waals surface area contributed by atoms with Gasteiger partial charge in [0.25, 0.3) is 0 Å². The van der Waals surface area contributed by atoms with Crippen molar-refractivity contribution in [3.63, 3.8) is 0 Å². The minimum absolute atomic E-state index is 0. The molecule has 1 aliphatic rings. The van der Waals surface area contributed by atoms with Crippen LogP contribution in [0.4, 0.5) is 0 Å². The summed E-state index contributed by atoms with van der Waals surface area (Å²) in [6.45, 7) is 3.49. The van der Waals surface area contributed by atoms with Gasteiger partial charge in [-0.1, -0.05) is 30.3 Å². The van der Waals surface area contributed by atoms with E-state index in [1.165, 1.54) is 5.56 Å². The van der Waals surface area contributed by atoms with Gasteiger partial charge in [0.15, 0.2) is 0 Å². The van der Waals surface area contributed by atoms with Crippen molar-refractivity contribution in [1.82, 2.24) is 9.80 Å². The van der Waals surface area contributed by atoms with E-state index in [1.807, 2.05) is 18.2 Å². The Bertz CT molecular complexity index is 541. The van der Waals surface area contributed by atoms with Gasteiger partial charge in [-0.2, -0.15) is 0 Å². The number of primary amides is 1. The normalized spacial score (nSPS) is 17.2. The van der Waals surface area contributed by atoms with Gasteiger partial charge in [-0.15, -0.1) is 12.4 Å². The number of nitrogens with two attached hydrogens (primary N) is 2. The van der Waals surface area contributed by atoms with Crippen molar-refractivity contribution in [2.24, 2.45) is 17.4 Å². The van der Waals surface area contributed by atoms with Crippen molar-refractivity contribution < 1.29 is 9.59 Å². The minimum Gasteiger partial charge on any atom is -0.369 e. The average Bonchev–Trinajstić information content (AvgIpc) is 2.61.